The number of carboxylic acids is 2. The summed E-state index contributed by atoms with van der Waals surface area (Å²) in [6.07, 6.45) is 17.1. The van der Waals surface area contributed by atoms with Crippen molar-refractivity contribution in [3.63, 3.8) is 0 Å². The maximum Gasteiger partial charge on any atom is 1.00 e. The summed E-state index contributed by atoms with van der Waals surface area (Å²) in [6, 6.07) is 0. The second-order valence-corrected chi connectivity index (χ2v) is 9.73. The van der Waals surface area contributed by atoms with Gasteiger partial charge >= 0.3 is 59.1 Å². The van der Waals surface area contributed by atoms with Crippen LogP contribution >= 0.6 is 0 Å². The quantitative estimate of drug-likeness (QED) is 0.0825. The molecule has 0 saturated carbocycles. The Morgan fingerprint density at radius 3 is 1.56 bits per heavy atom. The smallest absolute Gasteiger partial charge is 0.550 e. The van der Waals surface area contributed by atoms with E-state index in [4.69, 9.17) is 0 Å². The molecule has 0 saturated heterocycles. The van der Waals surface area contributed by atoms with E-state index < -0.39 is 39.6 Å². The molecule has 0 bridgehead atoms. The molecule has 0 heterocycles. The van der Waals surface area contributed by atoms with E-state index in [1.54, 1.807) is 0 Å². The number of unbranched alkanes of at least 4 members (excludes halogenated alkanes) is 12. The van der Waals surface area contributed by atoms with Crippen LogP contribution in [0.1, 0.15) is 110 Å². The number of rotatable bonds is 20. The van der Waals surface area contributed by atoms with E-state index in [1.807, 2.05) is 0 Å². The molecule has 0 aromatic heterocycles. The molecule has 1 unspecified atom stereocenters. The van der Waals surface area contributed by atoms with Gasteiger partial charge in [-0.15, -0.1) is 0 Å². The molecular formula is C22H38Na2O7S. The van der Waals surface area contributed by atoms with Gasteiger partial charge in [0.25, 0.3) is 10.1 Å². The van der Waals surface area contributed by atoms with E-state index in [0.29, 0.717) is 6.42 Å². The predicted octanol–water partition coefficient (Wildman–Crippen LogP) is -3.06. The molecule has 32 heavy (non-hydrogen) atoms. The second-order valence-electron chi connectivity index (χ2n) is 7.99. The van der Waals surface area contributed by atoms with Gasteiger partial charge in [0.2, 0.25) is 0 Å². The molecule has 0 amide bonds. The molecule has 0 aromatic rings. The van der Waals surface area contributed by atoms with Crippen molar-refractivity contribution in [1.29, 1.82) is 0 Å². The SMILES string of the molecule is CCCCCCCC/C=C\CCCCCCCCC(CC(=O)[O-])(C(=O)[O-])S(=O)(=O)O.[Na+].[Na+]. The van der Waals surface area contributed by atoms with Crippen LogP contribution in [0.3, 0.4) is 0 Å². The zero-order valence-corrected chi connectivity index (χ0v) is 25.1. The molecule has 0 aromatic carbocycles. The first-order valence-corrected chi connectivity index (χ1v) is 12.6. The third-order valence-corrected chi connectivity index (χ3v) is 6.89. The molecule has 0 aliphatic carbocycles. The fourth-order valence-corrected chi connectivity index (χ4v) is 4.39. The zero-order chi connectivity index (χ0) is 22.9. The van der Waals surface area contributed by atoms with Crippen molar-refractivity contribution in [3.05, 3.63) is 12.2 Å². The van der Waals surface area contributed by atoms with E-state index in [9.17, 15) is 32.8 Å². The molecule has 7 nitrogen and oxygen atoms in total. The molecular weight excluding hydrogens is 454 g/mol. The molecule has 1 N–H and O–H groups in total. The first-order chi connectivity index (χ1) is 14.2. The van der Waals surface area contributed by atoms with Crippen LogP contribution in [0.25, 0.3) is 0 Å². The topological polar surface area (TPSA) is 135 Å². The maximum absolute atomic E-state index is 11.5. The van der Waals surface area contributed by atoms with Gasteiger partial charge in [-0.25, -0.2) is 0 Å². The van der Waals surface area contributed by atoms with Crippen LogP contribution in [0.4, 0.5) is 0 Å². The number of carbonyl (C=O) groups is 2. The molecule has 0 aliphatic heterocycles. The number of hydrogen-bond donors (Lipinski definition) is 1. The minimum Gasteiger partial charge on any atom is -0.550 e. The molecule has 10 heteroatoms. The Morgan fingerprint density at radius 2 is 1.19 bits per heavy atom. The van der Waals surface area contributed by atoms with E-state index in [2.05, 4.69) is 19.1 Å². The van der Waals surface area contributed by atoms with Crippen molar-refractivity contribution in [1.82, 2.24) is 0 Å². The standard InChI is InChI=1S/C22H40O7S.2Na/c1-2-3-4-5-6-7-8-9-10-11-12-13-14-15-16-17-18-22(21(25)26,19-20(23)24)30(27,28)29;;/h9-10H,2-8,11-19H2,1H3,(H,23,24)(H,25,26)(H,27,28,29);;/q;2*+1/p-2/b10-9-;;. The third kappa shape index (κ3) is 17.1. The van der Waals surface area contributed by atoms with Crippen LogP contribution in [0.15, 0.2) is 12.2 Å². The van der Waals surface area contributed by atoms with E-state index in [1.165, 1.54) is 38.5 Å². The van der Waals surface area contributed by atoms with E-state index in [0.717, 1.165) is 38.5 Å². The fraction of sp³-hybridized carbons (Fsp3) is 0.818. The minimum absolute atomic E-state index is 0. The Balaban J connectivity index is -0.00000420. The minimum atomic E-state index is -5.13. The Hall–Kier alpha value is 0.590. The van der Waals surface area contributed by atoms with Gasteiger partial charge in [-0.2, -0.15) is 8.42 Å². The van der Waals surface area contributed by atoms with Gasteiger partial charge in [-0.1, -0.05) is 83.3 Å². The first-order valence-electron chi connectivity index (χ1n) is 11.2. The normalized spacial score (nSPS) is 13.2. The summed E-state index contributed by atoms with van der Waals surface area (Å²) in [7, 11) is -5.13. The Morgan fingerprint density at radius 1 is 0.781 bits per heavy atom. The molecule has 0 aliphatic rings. The summed E-state index contributed by atoms with van der Waals surface area (Å²) in [5.41, 5.74) is 0. The van der Waals surface area contributed by atoms with Gasteiger partial charge in [0.15, 0.2) is 0 Å². The van der Waals surface area contributed by atoms with Crippen molar-refractivity contribution >= 4 is 22.1 Å². The van der Waals surface area contributed by atoms with E-state index in [-0.39, 0.29) is 65.5 Å². The average molecular weight is 493 g/mol. The van der Waals surface area contributed by atoms with Gasteiger partial charge in [-0.05, 0) is 32.1 Å². The second kappa shape index (κ2) is 22.1. The Kier molecular flexibility index (Phi) is 25.6. The molecule has 176 valence electrons. The van der Waals surface area contributed by atoms with Crippen molar-refractivity contribution in [2.75, 3.05) is 0 Å². The average Bonchev–Trinajstić information content (AvgIpc) is 2.65. The van der Waals surface area contributed by atoms with Crippen LogP contribution in [0, 0.1) is 0 Å². The summed E-state index contributed by atoms with van der Waals surface area (Å²) in [5, 5.41) is 22.0. The predicted molar refractivity (Wildman–Crippen MR) is 113 cm³/mol. The maximum atomic E-state index is 11.5. The summed E-state index contributed by atoms with van der Waals surface area (Å²) in [5.74, 6) is -3.97. The Labute approximate surface area is 238 Å². The summed E-state index contributed by atoms with van der Waals surface area (Å²) in [6.45, 7) is 2.22. The molecule has 0 fully saturated rings. The Bertz CT molecular complexity index is 624. The number of aliphatic carboxylic acids is 2. The van der Waals surface area contributed by atoms with Gasteiger partial charge in [-0.3, -0.25) is 4.55 Å². The molecule has 0 spiro atoms. The van der Waals surface area contributed by atoms with Crippen LogP contribution in [0.2, 0.25) is 0 Å². The number of carbonyl (C=O) groups excluding carboxylic acids is 2. The number of allylic oxidation sites excluding steroid dienone is 2. The van der Waals surface area contributed by atoms with Gasteiger partial charge in [0.05, 0.1) is 5.97 Å². The van der Waals surface area contributed by atoms with Crippen LogP contribution in [-0.2, 0) is 19.7 Å². The summed E-state index contributed by atoms with van der Waals surface area (Å²) in [4.78, 5) is 22.0. The molecule has 1 atom stereocenters. The van der Waals surface area contributed by atoms with E-state index >= 15 is 0 Å². The van der Waals surface area contributed by atoms with Crippen LogP contribution in [0.5, 0.6) is 0 Å². The van der Waals surface area contributed by atoms with Crippen molar-refractivity contribution in [2.24, 2.45) is 0 Å². The molecule has 0 radical (unpaired) electrons. The summed E-state index contributed by atoms with van der Waals surface area (Å²) < 4.78 is 29.3. The van der Waals surface area contributed by atoms with Gasteiger partial charge < -0.3 is 19.8 Å². The fourth-order valence-electron chi connectivity index (χ4n) is 3.48. The first kappa shape index (κ1) is 37.1. The van der Waals surface area contributed by atoms with Gasteiger partial charge in [0, 0.05) is 12.4 Å². The van der Waals surface area contributed by atoms with Crippen LogP contribution in [-0.4, -0.2) is 29.7 Å². The van der Waals surface area contributed by atoms with Crippen molar-refractivity contribution < 1.29 is 91.9 Å². The zero-order valence-electron chi connectivity index (χ0n) is 20.3. The van der Waals surface area contributed by atoms with Crippen molar-refractivity contribution in [3.8, 4) is 0 Å². The largest absolute Gasteiger partial charge is 1.00 e. The monoisotopic (exact) mass is 492 g/mol. The van der Waals surface area contributed by atoms with Crippen LogP contribution < -0.4 is 69.3 Å². The third-order valence-electron chi connectivity index (χ3n) is 5.39. The number of hydrogen-bond acceptors (Lipinski definition) is 6. The summed E-state index contributed by atoms with van der Waals surface area (Å²) >= 11 is 0. The van der Waals surface area contributed by atoms with Gasteiger partial charge in [0.1, 0.15) is 4.75 Å². The van der Waals surface area contributed by atoms with Crippen molar-refractivity contribution in [2.45, 2.75) is 114 Å². The molecule has 0 rings (SSSR count). The number of carboxylic acid groups (broad SMARTS) is 2.